The summed E-state index contributed by atoms with van der Waals surface area (Å²) in [5.74, 6) is 0.978. The van der Waals surface area contributed by atoms with Crippen molar-refractivity contribution in [3.05, 3.63) is 78.2 Å². The summed E-state index contributed by atoms with van der Waals surface area (Å²) < 4.78 is 6.57. The van der Waals surface area contributed by atoms with Gasteiger partial charge in [0.05, 0.1) is 5.52 Å². The van der Waals surface area contributed by atoms with E-state index in [-0.39, 0.29) is 5.41 Å². The first-order chi connectivity index (χ1) is 15.9. The molecule has 0 amide bonds. The molecule has 5 aromatic carbocycles. The van der Waals surface area contributed by atoms with Gasteiger partial charge in [0, 0.05) is 33.1 Å². The number of rotatable bonds is 1. The molecule has 0 aliphatic heterocycles. The summed E-state index contributed by atoms with van der Waals surface area (Å²) in [4.78, 5) is 4.91. The van der Waals surface area contributed by atoms with E-state index in [0.29, 0.717) is 0 Å². The second-order valence-corrected chi connectivity index (χ2v) is 10.7. The van der Waals surface area contributed by atoms with Crippen LogP contribution in [0.1, 0.15) is 32.1 Å². The van der Waals surface area contributed by atoms with E-state index in [9.17, 15) is 0 Å². The zero-order chi connectivity index (χ0) is 22.5. The quantitative estimate of drug-likeness (QED) is 0.193. The van der Waals surface area contributed by atoms with Gasteiger partial charge in [0.25, 0.3) is 0 Å². The highest BCUT2D eigenvalue weighted by molar-refractivity contribution is 6.39. The molecule has 0 aliphatic carbocycles. The van der Waals surface area contributed by atoms with Gasteiger partial charge in [-0.05, 0) is 75.5 Å². The highest BCUT2D eigenvalue weighted by Gasteiger charge is 2.23. The lowest BCUT2D eigenvalue weighted by Gasteiger charge is -2.19. The first-order valence-electron chi connectivity index (χ1n) is 11.7. The summed E-state index contributed by atoms with van der Waals surface area (Å²) in [7, 11) is 0. The van der Waals surface area contributed by atoms with Crippen molar-refractivity contribution in [2.45, 2.75) is 34.1 Å². The van der Waals surface area contributed by atoms with Crippen LogP contribution in [0.2, 0.25) is 0 Å². The van der Waals surface area contributed by atoms with E-state index in [0.717, 1.165) is 23.3 Å². The minimum Gasteiger partial charge on any atom is -0.460 e. The second-order valence-electron chi connectivity index (χ2n) is 10.7. The summed E-state index contributed by atoms with van der Waals surface area (Å²) in [6.07, 6.45) is 2.99. The van der Waals surface area contributed by atoms with E-state index in [4.69, 9.17) is 9.40 Å². The lowest BCUT2D eigenvalue weighted by molar-refractivity contribution is 0.411. The zero-order valence-corrected chi connectivity index (χ0v) is 19.4. The highest BCUT2D eigenvalue weighted by atomic mass is 16.3. The Morgan fingerprint density at radius 2 is 1.48 bits per heavy atom. The van der Waals surface area contributed by atoms with Crippen LogP contribution in [0.25, 0.3) is 65.0 Å². The minimum atomic E-state index is 0.233. The molecule has 0 saturated heterocycles. The second kappa shape index (κ2) is 6.23. The van der Waals surface area contributed by atoms with Gasteiger partial charge in [0.15, 0.2) is 0 Å². The van der Waals surface area contributed by atoms with Crippen molar-refractivity contribution in [1.82, 2.24) is 4.98 Å². The summed E-state index contributed by atoms with van der Waals surface area (Å²) >= 11 is 0. The molecule has 7 rings (SSSR count). The average molecular weight is 428 g/mol. The topological polar surface area (TPSA) is 26.0 Å². The Hall–Kier alpha value is -3.65. The summed E-state index contributed by atoms with van der Waals surface area (Å²) in [5.41, 5.74) is 3.64. The maximum absolute atomic E-state index is 6.57. The maximum Gasteiger partial charge on any atom is 0.143 e. The van der Waals surface area contributed by atoms with Gasteiger partial charge in [-0.25, -0.2) is 0 Å². The standard InChI is InChI=1S/C31H25NO/c1-17-26-23-14-19-7-5-6-8-20(19)15-24(23)29-27-22(11-12-32-29)21-10-9-18(16-31(2,3)4)13-25(21)30(33-17)28(26)27/h5-15H,16H2,1-4H3. The summed E-state index contributed by atoms with van der Waals surface area (Å²) in [6.45, 7) is 8.98. The van der Waals surface area contributed by atoms with E-state index in [1.807, 2.05) is 6.20 Å². The van der Waals surface area contributed by atoms with Crippen LogP contribution in [-0.4, -0.2) is 4.98 Å². The molecule has 0 atom stereocenters. The van der Waals surface area contributed by atoms with E-state index in [1.165, 1.54) is 59.4 Å². The van der Waals surface area contributed by atoms with Gasteiger partial charge in [0.2, 0.25) is 0 Å². The molecule has 2 nitrogen and oxygen atoms in total. The Morgan fingerprint density at radius 3 is 2.24 bits per heavy atom. The SMILES string of the molecule is Cc1oc2c3cc(CC(C)(C)C)ccc3c3ccnc4c5cc6ccccc6cc5c1c2c34. The molecule has 0 aliphatic rings. The minimum absolute atomic E-state index is 0.233. The van der Waals surface area contributed by atoms with Gasteiger partial charge in [-0.15, -0.1) is 0 Å². The molecule has 0 spiro atoms. The number of hydrogen-bond donors (Lipinski definition) is 0. The first-order valence-corrected chi connectivity index (χ1v) is 11.7. The third-order valence-corrected chi connectivity index (χ3v) is 7.05. The molecule has 0 radical (unpaired) electrons. The summed E-state index contributed by atoms with van der Waals surface area (Å²) in [6, 6.07) is 22.3. The van der Waals surface area contributed by atoms with Crippen molar-refractivity contribution in [1.29, 1.82) is 0 Å². The van der Waals surface area contributed by atoms with E-state index in [1.54, 1.807) is 0 Å². The predicted molar refractivity (Wildman–Crippen MR) is 141 cm³/mol. The van der Waals surface area contributed by atoms with Crippen molar-refractivity contribution in [2.75, 3.05) is 0 Å². The Kier molecular flexibility index (Phi) is 3.56. The normalized spacial score (nSPS) is 13.0. The molecule has 0 fully saturated rings. The van der Waals surface area contributed by atoms with Gasteiger partial charge >= 0.3 is 0 Å². The number of aromatic nitrogens is 1. The maximum atomic E-state index is 6.57. The Morgan fingerprint density at radius 1 is 0.727 bits per heavy atom. The first kappa shape index (κ1) is 18.9. The third-order valence-electron chi connectivity index (χ3n) is 7.05. The molecule has 2 heterocycles. The number of hydrogen-bond acceptors (Lipinski definition) is 2. The Balaban J connectivity index is 1.74. The zero-order valence-electron chi connectivity index (χ0n) is 19.4. The fourth-order valence-electron chi connectivity index (χ4n) is 5.82. The molecular formula is C31H25NO. The highest BCUT2D eigenvalue weighted by Crippen LogP contribution is 2.47. The number of fused-ring (bicyclic) bond motifs is 7. The molecule has 0 unspecified atom stereocenters. The number of pyridine rings is 1. The average Bonchev–Trinajstić information content (AvgIpc) is 3.14. The Bertz CT molecular complexity index is 1880. The molecule has 0 saturated carbocycles. The van der Waals surface area contributed by atoms with E-state index >= 15 is 0 Å². The number of aryl methyl sites for hydroxylation is 1. The van der Waals surface area contributed by atoms with Crippen LogP contribution >= 0.6 is 0 Å². The van der Waals surface area contributed by atoms with Crippen molar-refractivity contribution in [3.8, 4) is 0 Å². The van der Waals surface area contributed by atoms with E-state index < -0.39 is 0 Å². The van der Waals surface area contributed by atoms with Crippen molar-refractivity contribution in [2.24, 2.45) is 5.41 Å². The number of benzene rings is 5. The molecular weight excluding hydrogens is 402 g/mol. The summed E-state index contributed by atoms with van der Waals surface area (Å²) in [5, 5.41) is 12.3. The molecule has 7 aromatic rings. The van der Waals surface area contributed by atoms with Gasteiger partial charge < -0.3 is 4.42 Å². The fourth-order valence-corrected chi connectivity index (χ4v) is 5.82. The molecule has 160 valence electrons. The molecule has 33 heavy (non-hydrogen) atoms. The molecule has 0 bridgehead atoms. The molecule has 2 heteroatoms. The van der Waals surface area contributed by atoms with Crippen LogP contribution in [0, 0.1) is 12.3 Å². The van der Waals surface area contributed by atoms with Crippen LogP contribution in [0.4, 0.5) is 0 Å². The van der Waals surface area contributed by atoms with Crippen LogP contribution in [0.3, 0.4) is 0 Å². The number of nitrogens with zero attached hydrogens (tertiary/aromatic N) is 1. The molecule has 2 aromatic heterocycles. The van der Waals surface area contributed by atoms with Gasteiger partial charge in [-0.3, -0.25) is 4.98 Å². The van der Waals surface area contributed by atoms with E-state index in [2.05, 4.69) is 88.4 Å². The molecule has 0 N–H and O–H groups in total. The van der Waals surface area contributed by atoms with Crippen molar-refractivity contribution < 1.29 is 4.42 Å². The van der Waals surface area contributed by atoms with Crippen molar-refractivity contribution in [3.63, 3.8) is 0 Å². The van der Waals surface area contributed by atoms with Crippen LogP contribution in [-0.2, 0) is 6.42 Å². The predicted octanol–water partition coefficient (Wildman–Crippen LogP) is 8.93. The lowest BCUT2D eigenvalue weighted by atomic mass is 9.86. The lowest BCUT2D eigenvalue weighted by Crippen LogP contribution is -2.08. The van der Waals surface area contributed by atoms with Gasteiger partial charge in [-0.2, -0.15) is 0 Å². The van der Waals surface area contributed by atoms with Crippen LogP contribution in [0.15, 0.2) is 71.3 Å². The monoisotopic (exact) mass is 427 g/mol. The van der Waals surface area contributed by atoms with Crippen molar-refractivity contribution >= 4 is 65.0 Å². The fraction of sp³-hybridized carbons (Fsp3) is 0.194. The number of furan rings is 1. The smallest absolute Gasteiger partial charge is 0.143 e. The van der Waals surface area contributed by atoms with Gasteiger partial charge in [-0.1, -0.05) is 57.2 Å². The Labute approximate surface area is 192 Å². The largest absolute Gasteiger partial charge is 0.460 e. The van der Waals surface area contributed by atoms with Crippen LogP contribution < -0.4 is 0 Å². The van der Waals surface area contributed by atoms with Gasteiger partial charge in [0.1, 0.15) is 11.3 Å². The van der Waals surface area contributed by atoms with Crippen LogP contribution in [0.5, 0.6) is 0 Å². The third kappa shape index (κ3) is 2.58.